The summed E-state index contributed by atoms with van der Waals surface area (Å²) in [5, 5.41) is 15.8. The zero-order valence-corrected chi connectivity index (χ0v) is 17.4. The van der Waals surface area contributed by atoms with Crippen LogP contribution in [0.1, 0.15) is 5.56 Å². The topological polar surface area (TPSA) is 44.3 Å². The zero-order valence-electron chi connectivity index (χ0n) is 15.0. The van der Waals surface area contributed by atoms with E-state index in [0.29, 0.717) is 6.54 Å². The van der Waals surface area contributed by atoms with Crippen LogP contribution in [0.3, 0.4) is 0 Å². The minimum atomic E-state index is 0.285. The van der Waals surface area contributed by atoms with Gasteiger partial charge in [0.2, 0.25) is 0 Å². The highest BCUT2D eigenvalue weighted by Crippen LogP contribution is 2.29. The molecule has 0 fully saturated rings. The molecule has 0 amide bonds. The summed E-state index contributed by atoms with van der Waals surface area (Å²) in [6.07, 6.45) is 0. The molecule has 3 N–H and O–H groups in total. The first-order valence-electron chi connectivity index (χ1n) is 8.91. The number of fused-ring (bicyclic) bond motifs is 1. The molecule has 4 aromatic carbocycles. The van der Waals surface area contributed by atoms with Gasteiger partial charge in [-0.25, -0.2) is 0 Å². The molecule has 0 aliphatic carbocycles. The summed E-state index contributed by atoms with van der Waals surface area (Å²) in [6, 6.07) is 28.4. The van der Waals surface area contributed by atoms with Crippen molar-refractivity contribution in [1.82, 2.24) is 0 Å². The Morgan fingerprint density at radius 1 is 0.857 bits per heavy atom. The molecule has 0 aliphatic rings. The molecule has 4 rings (SSSR count). The Morgan fingerprint density at radius 2 is 1.64 bits per heavy atom. The van der Waals surface area contributed by atoms with Crippen molar-refractivity contribution in [3.8, 4) is 5.75 Å². The van der Waals surface area contributed by atoms with Gasteiger partial charge in [-0.05, 0) is 59.8 Å². The molecule has 0 radical (unpaired) electrons. The smallest absolute Gasteiger partial charge is 0.121 e. The van der Waals surface area contributed by atoms with Crippen LogP contribution in [0.2, 0.25) is 0 Å². The molecule has 5 heteroatoms. The van der Waals surface area contributed by atoms with Gasteiger partial charge in [-0.3, -0.25) is 0 Å². The van der Waals surface area contributed by atoms with E-state index < -0.39 is 0 Å². The average Bonchev–Trinajstić information content (AvgIpc) is 2.72. The van der Waals surface area contributed by atoms with Crippen LogP contribution in [0.4, 0.5) is 11.4 Å². The zero-order chi connectivity index (χ0) is 19.3. The van der Waals surface area contributed by atoms with E-state index >= 15 is 0 Å². The molecule has 0 unspecified atom stereocenters. The predicted molar refractivity (Wildman–Crippen MR) is 123 cm³/mol. The monoisotopic (exact) mass is 450 g/mol. The van der Waals surface area contributed by atoms with E-state index in [1.807, 2.05) is 24.3 Å². The average molecular weight is 451 g/mol. The minimum Gasteiger partial charge on any atom is -0.508 e. The molecule has 0 heterocycles. The normalized spacial score (nSPS) is 10.8. The van der Waals surface area contributed by atoms with Crippen molar-refractivity contribution in [2.75, 3.05) is 10.0 Å². The van der Waals surface area contributed by atoms with Gasteiger partial charge in [0.1, 0.15) is 5.75 Å². The van der Waals surface area contributed by atoms with Gasteiger partial charge in [0.15, 0.2) is 0 Å². The molecular weight excluding hydrogens is 432 g/mol. The van der Waals surface area contributed by atoms with Crippen LogP contribution in [-0.4, -0.2) is 5.11 Å². The summed E-state index contributed by atoms with van der Waals surface area (Å²) in [5.74, 6) is 0.285. The maximum absolute atomic E-state index is 9.99. The van der Waals surface area contributed by atoms with Crippen molar-refractivity contribution < 1.29 is 5.11 Å². The molecular formula is C23H19BrN2OS. The lowest BCUT2D eigenvalue weighted by Crippen LogP contribution is -1.99. The Morgan fingerprint density at radius 3 is 2.46 bits per heavy atom. The van der Waals surface area contributed by atoms with Gasteiger partial charge in [-0.1, -0.05) is 58.4 Å². The summed E-state index contributed by atoms with van der Waals surface area (Å²) in [5.41, 5.74) is 2.98. The third-order valence-electron chi connectivity index (χ3n) is 4.45. The number of phenolic OH excluding ortho intramolecular Hbond substituents is 1. The fraction of sp³-hybridized carbons (Fsp3) is 0.0435. The Hall–Kier alpha value is -2.63. The number of anilines is 2. The highest BCUT2D eigenvalue weighted by atomic mass is 79.9. The molecule has 0 spiro atoms. The standard InChI is InChI=1S/C23H19BrN2OS/c24-18-9-8-17(23(27)14-18)15-25-19-10-12-20(13-11-19)28-26-22-7-3-5-16-4-1-2-6-21(16)22/h1-14,25-27H,15H2. The fourth-order valence-electron chi connectivity index (χ4n) is 2.95. The Bertz CT molecular complexity index is 1090. The molecule has 0 aliphatic heterocycles. The molecule has 0 atom stereocenters. The maximum Gasteiger partial charge on any atom is 0.121 e. The van der Waals surface area contributed by atoms with Crippen LogP contribution in [0, 0.1) is 0 Å². The lowest BCUT2D eigenvalue weighted by atomic mass is 10.1. The van der Waals surface area contributed by atoms with Crippen LogP contribution in [-0.2, 0) is 6.54 Å². The second kappa shape index (κ2) is 8.59. The molecule has 0 bridgehead atoms. The number of hydrogen-bond acceptors (Lipinski definition) is 4. The largest absolute Gasteiger partial charge is 0.508 e. The first kappa shape index (κ1) is 18.7. The van der Waals surface area contributed by atoms with E-state index in [9.17, 15) is 5.11 Å². The van der Waals surface area contributed by atoms with Gasteiger partial charge in [0, 0.05) is 32.6 Å². The van der Waals surface area contributed by atoms with E-state index in [1.54, 1.807) is 18.0 Å². The van der Waals surface area contributed by atoms with Gasteiger partial charge >= 0.3 is 0 Å². The Labute approximate surface area is 177 Å². The van der Waals surface area contributed by atoms with E-state index in [2.05, 4.69) is 80.6 Å². The number of hydrogen-bond donors (Lipinski definition) is 3. The quantitative estimate of drug-likeness (QED) is 0.275. The first-order valence-corrected chi connectivity index (χ1v) is 10.5. The second-order valence-corrected chi connectivity index (χ2v) is 8.18. The third-order valence-corrected chi connectivity index (χ3v) is 5.78. The summed E-state index contributed by atoms with van der Waals surface area (Å²) >= 11 is 4.95. The summed E-state index contributed by atoms with van der Waals surface area (Å²) < 4.78 is 4.32. The molecule has 3 nitrogen and oxygen atoms in total. The van der Waals surface area contributed by atoms with Crippen LogP contribution in [0.25, 0.3) is 10.8 Å². The third kappa shape index (κ3) is 4.43. The molecule has 140 valence electrons. The highest BCUT2D eigenvalue weighted by Gasteiger charge is 2.03. The summed E-state index contributed by atoms with van der Waals surface area (Å²) in [6.45, 7) is 0.569. The molecule has 0 aromatic heterocycles. The van der Waals surface area contributed by atoms with Gasteiger partial charge < -0.3 is 15.1 Å². The highest BCUT2D eigenvalue weighted by molar-refractivity contribution is 9.10. The molecule has 28 heavy (non-hydrogen) atoms. The van der Waals surface area contributed by atoms with E-state index in [4.69, 9.17) is 0 Å². The van der Waals surface area contributed by atoms with Gasteiger partial charge in [0.05, 0.1) is 5.69 Å². The minimum absolute atomic E-state index is 0.285. The number of nitrogens with one attached hydrogen (secondary N) is 2. The second-order valence-electron chi connectivity index (χ2n) is 6.38. The molecule has 4 aromatic rings. The first-order chi connectivity index (χ1) is 13.7. The van der Waals surface area contributed by atoms with Crippen molar-refractivity contribution in [3.63, 3.8) is 0 Å². The SMILES string of the molecule is Oc1cc(Br)ccc1CNc1ccc(SNc2cccc3ccccc23)cc1. The van der Waals surface area contributed by atoms with Crippen molar-refractivity contribution in [1.29, 1.82) is 0 Å². The van der Waals surface area contributed by atoms with Crippen LogP contribution in [0.5, 0.6) is 5.75 Å². The predicted octanol–water partition coefficient (Wildman–Crippen LogP) is 7.04. The number of phenols is 1. The maximum atomic E-state index is 9.99. The molecule has 0 saturated heterocycles. The molecule has 0 saturated carbocycles. The lowest BCUT2D eigenvalue weighted by molar-refractivity contribution is 0.468. The summed E-state index contributed by atoms with van der Waals surface area (Å²) in [4.78, 5) is 1.13. The Balaban J connectivity index is 1.38. The Kier molecular flexibility index (Phi) is 5.74. The van der Waals surface area contributed by atoms with Gasteiger partial charge in [-0.2, -0.15) is 0 Å². The van der Waals surface area contributed by atoms with Crippen LogP contribution in [0.15, 0.2) is 94.3 Å². The van der Waals surface area contributed by atoms with Gasteiger partial charge in [0.25, 0.3) is 0 Å². The lowest BCUT2D eigenvalue weighted by Gasteiger charge is -2.11. The number of aromatic hydroxyl groups is 1. The fourth-order valence-corrected chi connectivity index (χ4v) is 3.98. The number of rotatable bonds is 6. The number of halogens is 1. The van der Waals surface area contributed by atoms with Crippen molar-refractivity contribution >= 4 is 50.0 Å². The van der Waals surface area contributed by atoms with Crippen LogP contribution < -0.4 is 10.0 Å². The van der Waals surface area contributed by atoms with E-state index in [-0.39, 0.29) is 5.75 Å². The van der Waals surface area contributed by atoms with E-state index in [0.717, 1.165) is 26.3 Å². The van der Waals surface area contributed by atoms with Crippen molar-refractivity contribution in [2.45, 2.75) is 11.4 Å². The number of benzene rings is 4. The van der Waals surface area contributed by atoms with Crippen molar-refractivity contribution in [3.05, 3.63) is 95.0 Å². The van der Waals surface area contributed by atoms with Gasteiger partial charge in [-0.15, -0.1) is 0 Å². The van der Waals surface area contributed by atoms with E-state index in [1.165, 1.54) is 10.8 Å². The van der Waals surface area contributed by atoms with Crippen LogP contribution >= 0.6 is 27.9 Å². The summed E-state index contributed by atoms with van der Waals surface area (Å²) in [7, 11) is 0. The van der Waals surface area contributed by atoms with Crippen molar-refractivity contribution in [2.24, 2.45) is 0 Å².